The summed E-state index contributed by atoms with van der Waals surface area (Å²) < 4.78 is 11.0. The topological polar surface area (TPSA) is 77.2 Å². The third-order valence-electron chi connectivity index (χ3n) is 3.51. The molecule has 1 heterocycles. The number of carbonyl (C=O) groups excluding carboxylic acids is 1. The molecule has 1 aromatic heterocycles. The van der Waals surface area contributed by atoms with Gasteiger partial charge in [-0.1, -0.05) is 30.3 Å². The standard InChI is InChI=1S/C19H19N3O3/c1-14-6-5-9-16(12-14)24-13-17(23)20-11-10-18-21-22-19(25-18)15-7-3-2-4-8-15/h2-9,12H,10-11,13H2,1H3,(H,20,23). The molecule has 3 rings (SSSR count). The van der Waals surface area contributed by atoms with Gasteiger partial charge in [-0.3, -0.25) is 4.79 Å². The molecule has 0 radical (unpaired) electrons. The molecule has 6 heteroatoms. The predicted molar refractivity (Wildman–Crippen MR) is 93.1 cm³/mol. The van der Waals surface area contributed by atoms with Gasteiger partial charge in [0.25, 0.3) is 5.91 Å². The summed E-state index contributed by atoms with van der Waals surface area (Å²) in [6.45, 7) is 2.36. The van der Waals surface area contributed by atoms with Crippen LogP contribution in [0.5, 0.6) is 5.75 Å². The maximum absolute atomic E-state index is 11.8. The second kappa shape index (κ2) is 8.10. The second-order valence-corrected chi connectivity index (χ2v) is 5.57. The molecule has 0 saturated carbocycles. The largest absolute Gasteiger partial charge is 0.484 e. The number of hydrogen-bond donors (Lipinski definition) is 1. The molecule has 0 spiro atoms. The third-order valence-corrected chi connectivity index (χ3v) is 3.51. The van der Waals surface area contributed by atoms with E-state index in [2.05, 4.69) is 15.5 Å². The Labute approximate surface area is 145 Å². The number of nitrogens with one attached hydrogen (secondary N) is 1. The summed E-state index contributed by atoms with van der Waals surface area (Å²) in [6.07, 6.45) is 0.468. The Morgan fingerprint density at radius 1 is 1.12 bits per heavy atom. The molecule has 25 heavy (non-hydrogen) atoms. The molecule has 128 valence electrons. The minimum atomic E-state index is -0.190. The molecule has 3 aromatic rings. The number of carbonyl (C=O) groups is 1. The monoisotopic (exact) mass is 337 g/mol. The van der Waals surface area contributed by atoms with Crippen molar-refractivity contribution in [3.63, 3.8) is 0 Å². The second-order valence-electron chi connectivity index (χ2n) is 5.57. The molecule has 0 aliphatic heterocycles. The first-order valence-electron chi connectivity index (χ1n) is 8.05. The van der Waals surface area contributed by atoms with Crippen LogP contribution >= 0.6 is 0 Å². The summed E-state index contributed by atoms with van der Waals surface area (Å²) in [5.74, 6) is 1.45. The van der Waals surface area contributed by atoms with Gasteiger partial charge in [-0.25, -0.2) is 0 Å². The Kier molecular flexibility index (Phi) is 5.41. The highest BCUT2D eigenvalue weighted by atomic mass is 16.5. The summed E-state index contributed by atoms with van der Waals surface area (Å²) in [5.41, 5.74) is 1.96. The van der Waals surface area contributed by atoms with E-state index in [9.17, 15) is 4.79 Å². The van der Waals surface area contributed by atoms with Crippen molar-refractivity contribution in [3.8, 4) is 17.2 Å². The lowest BCUT2D eigenvalue weighted by atomic mass is 10.2. The molecule has 0 aliphatic carbocycles. The lowest BCUT2D eigenvalue weighted by Gasteiger charge is -2.07. The van der Waals surface area contributed by atoms with E-state index >= 15 is 0 Å². The van der Waals surface area contributed by atoms with Gasteiger partial charge in [0.05, 0.1) is 0 Å². The Balaban J connectivity index is 1.42. The summed E-state index contributed by atoms with van der Waals surface area (Å²) in [6, 6.07) is 17.1. The molecule has 0 bridgehead atoms. The van der Waals surface area contributed by atoms with Crippen LogP contribution in [0.15, 0.2) is 59.0 Å². The fourth-order valence-electron chi connectivity index (χ4n) is 2.27. The van der Waals surface area contributed by atoms with E-state index in [1.807, 2.05) is 61.5 Å². The Bertz CT molecular complexity index is 831. The number of aryl methyl sites for hydroxylation is 1. The van der Waals surface area contributed by atoms with E-state index in [0.29, 0.717) is 30.5 Å². The Hall–Kier alpha value is -3.15. The summed E-state index contributed by atoms with van der Waals surface area (Å²) in [7, 11) is 0. The van der Waals surface area contributed by atoms with Crippen molar-refractivity contribution in [1.29, 1.82) is 0 Å². The minimum Gasteiger partial charge on any atom is -0.484 e. The Morgan fingerprint density at radius 3 is 2.76 bits per heavy atom. The fourth-order valence-corrected chi connectivity index (χ4v) is 2.27. The van der Waals surface area contributed by atoms with Gasteiger partial charge in [0, 0.05) is 18.5 Å². The van der Waals surface area contributed by atoms with Crippen molar-refractivity contribution < 1.29 is 13.9 Å². The van der Waals surface area contributed by atoms with Crippen molar-refractivity contribution in [1.82, 2.24) is 15.5 Å². The predicted octanol–water partition coefficient (Wildman–Crippen LogP) is 2.78. The van der Waals surface area contributed by atoms with Crippen molar-refractivity contribution in [2.24, 2.45) is 0 Å². The quantitative estimate of drug-likeness (QED) is 0.717. The summed E-state index contributed by atoms with van der Waals surface area (Å²) >= 11 is 0. The molecular weight excluding hydrogens is 318 g/mol. The van der Waals surface area contributed by atoms with E-state index < -0.39 is 0 Å². The van der Waals surface area contributed by atoms with Gasteiger partial charge in [-0.05, 0) is 36.8 Å². The maximum atomic E-state index is 11.8. The lowest BCUT2D eigenvalue weighted by Crippen LogP contribution is -2.30. The average Bonchev–Trinajstić information content (AvgIpc) is 3.10. The van der Waals surface area contributed by atoms with Crippen LogP contribution in [0.2, 0.25) is 0 Å². The van der Waals surface area contributed by atoms with E-state index in [4.69, 9.17) is 9.15 Å². The zero-order valence-electron chi connectivity index (χ0n) is 13.9. The van der Waals surface area contributed by atoms with Crippen molar-refractivity contribution in [2.75, 3.05) is 13.2 Å². The SMILES string of the molecule is Cc1cccc(OCC(=O)NCCc2nnc(-c3ccccc3)o2)c1. The van der Waals surface area contributed by atoms with Crippen molar-refractivity contribution in [3.05, 3.63) is 66.1 Å². The van der Waals surface area contributed by atoms with Crippen LogP contribution in [0, 0.1) is 6.92 Å². The zero-order valence-corrected chi connectivity index (χ0v) is 13.9. The van der Waals surface area contributed by atoms with Crippen LogP contribution < -0.4 is 10.1 Å². The van der Waals surface area contributed by atoms with Crippen LogP contribution in [-0.4, -0.2) is 29.3 Å². The molecule has 0 unspecified atom stereocenters. The van der Waals surface area contributed by atoms with E-state index in [0.717, 1.165) is 11.1 Å². The van der Waals surface area contributed by atoms with E-state index in [-0.39, 0.29) is 12.5 Å². The van der Waals surface area contributed by atoms with Crippen LogP contribution in [0.1, 0.15) is 11.5 Å². The van der Waals surface area contributed by atoms with Gasteiger partial charge in [0.2, 0.25) is 11.8 Å². The molecule has 0 aliphatic rings. The number of rotatable bonds is 7. The van der Waals surface area contributed by atoms with E-state index in [1.165, 1.54) is 0 Å². The summed E-state index contributed by atoms with van der Waals surface area (Å²) in [4.78, 5) is 11.8. The molecule has 0 saturated heterocycles. The van der Waals surface area contributed by atoms with Crippen molar-refractivity contribution >= 4 is 5.91 Å². The molecule has 2 aromatic carbocycles. The first-order valence-corrected chi connectivity index (χ1v) is 8.05. The fraction of sp³-hybridized carbons (Fsp3) is 0.211. The highest BCUT2D eigenvalue weighted by Crippen LogP contribution is 2.16. The molecule has 1 amide bonds. The van der Waals surface area contributed by atoms with Crippen LogP contribution in [-0.2, 0) is 11.2 Å². The maximum Gasteiger partial charge on any atom is 0.257 e. The number of benzene rings is 2. The van der Waals surface area contributed by atoms with Crippen LogP contribution in [0.4, 0.5) is 0 Å². The third kappa shape index (κ3) is 4.91. The highest BCUT2D eigenvalue weighted by Gasteiger charge is 2.09. The average molecular weight is 337 g/mol. The van der Waals surface area contributed by atoms with E-state index in [1.54, 1.807) is 0 Å². The number of ether oxygens (including phenoxy) is 1. The smallest absolute Gasteiger partial charge is 0.257 e. The Morgan fingerprint density at radius 2 is 1.96 bits per heavy atom. The molecular formula is C19H19N3O3. The number of nitrogens with zero attached hydrogens (tertiary/aromatic N) is 2. The van der Waals surface area contributed by atoms with Crippen LogP contribution in [0.25, 0.3) is 11.5 Å². The van der Waals surface area contributed by atoms with Gasteiger partial charge in [0.1, 0.15) is 5.75 Å². The first kappa shape index (κ1) is 16.7. The first-order chi connectivity index (χ1) is 12.2. The highest BCUT2D eigenvalue weighted by molar-refractivity contribution is 5.77. The molecule has 1 N–H and O–H groups in total. The normalized spacial score (nSPS) is 10.4. The van der Waals surface area contributed by atoms with Crippen LogP contribution in [0.3, 0.4) is 0 Å². The lowest BCUT2D eigenvalue weighted by molar-refractivity contribution is -0.123. The molecule has 0 atom stereocenters. The number of amides is 1. The summed E-state index contributed by atoms with van der Waals surface area (Å²) in [5, 5.41) is 10.8. The molecule has 6 nitrogen and oxygen atoms in total. The molecule has 0 fully saturated rings. The number of hydrogen-bond acceptors (Lipinski definition) is 5. The van der Waals surface area contributed by atoms with Gasteiger partial charge < -0.3 is 14.5 Å². The number of aromatic nitrogens is 2. The van der Waals surface area contributed by atoms with Gasteiger partial charge in [-0.2, -0.15) is 0 Å². The van der Waals surface area contributed by atoms with Crippen molar-refractivity contribution in [2.45, 2.75) is 13.3 Å². The van der Waals surface area contributed by atoms with Gasteiger partial charge >= 0.3 is 0 Å². The van der Waals surface area contributed by atoms with Gasteiger partial charge in [-0.15, -0.1) is 10.2 Å². The van der Waals surface area contributed by atoms with Gasteiger partial charge in [0.15, 0.2) is 6.61 Å². The minimum absolute atomic E-state index is 0.0252. The zero-order chi connectivity index (χ0) is 17.5.